The minimum Gasteiger partial charge on any atom is -0.325 e. The molecule has 162 valence electrons. The Kier molecular flexibility index (Phi) is 6.53. The number of nitrogens with one attached hydrogen (secondary N) is 2. The maximum atomic E-state index is 13.4. The molecule has 2 aromatic carbocycles. The Morgan fingerprint density at radius 1 is 1.19 bits per heavy atom. The average molecular weight is 456 g/mol. The van der Waals surface area contributed by atoms with E-state index in [0.717, 1.165) is 41.9 Å². The third kappa shape index (κ3) is 4.43. The maximum Gasteiger partial charge on any atom is 0.240 e. The van der Waals surface area contributed by atoms with Crippen LogP contribution in [0.15, 0.2) is 47.6 Å². The molecule has 0 saturated heterocycles. The summed E-state index contributed by atoms with van der Waals surface area (Å²) < 4.78 is 1.93. The van der Waals surface area contributed by atoms with E-state index in [0.29, 0.717) is 10.2 Å². The second-order valence-electron chi connectivity index (χ2n) is 7.63. The first kappa shape index (κ1) is 21.7. The molecule has 3 aromatic rings. The van der Waals surface area contributed by atoms with Gasteiger partial charge in [0.15, 0.2) is 5.82 Å². The lowest BCUT2D eigenvalue weighted by Crippen LogP contribution is -2.41. The summed E-state index contributed by atoms with van der Waals surface area (Å²) in [5.74, 6) is 0.781. The van der Waals surface area contributed by atoms with E-state index in [9.17, 15) is 4.79 Å². The minimum absolute atomic E-state index is 0.0984. The van der Waals surface area contributed by atoms with E-state index < -0.39 is 5.25 Å². The molecule has 0 unspecified atom stereocenters. The van der Waals surface area contributed by atoms with Gasteiger partial charge in [0.1, 0.15) is 5.25 Å². The summed E-state index contributed by atoms with van der Waals surface area (Å²) in [6, 6.07) is 13.7. The van der Waals surface area contributed by atoms with Crippen LogP contribution in [0, 0.1) is 6.92 Å². The van der Waals surface area contributed by atoms with Crippen LogP contribution in [0.25, 0.3) is 0 Å². The molecule has 2 atom stereocenters. The fourth-order valence-electron chi connectivity index (χ4n) is 3.64. The molecule has 6 nitrogen and oxygen atoms in total. The number of rotatable bonds is 6. The highest BCUT2D eigenvalue weighted by atomic mass is 35.5. The van der Waals surface area contributed by atoms with E-state index >= 15 is 0 Å². The number of thioether (sulfide) groups is 1. The number of hydrogen-bond acceptors (Lipinski definition) is 5. The lowest BCUT2D eigenvalue weighted by atomic mass is 10.0. The van der Waals surface area contributed by atoms with Crippen molar-refractivity contribution in [1.82, 2.24) is 14.9 Å². The molecular formula is C23H26ClN5OS. The SMILES string of the molecule is CCCc1nnc2n1N[C@H](c1ccc(CC)cc1)[C@H](C(=O)Nc1cccc(Cl)c1C)S2. The van der Waals surface area contributed by atoms with Gasteiger partial charge in [-0.25, -0.2) is 4.68 Å². The van der Waals surface area contributed by atoms with E-state index in [1.54, 1.807) is 0 Å². The van der Waals surface area contributed by atoms with Gasteiger partial charge in [-0.2, -0.15) is 0 Å². The zero-order valence-electron chi connectivity index (χ0n) is 17.9. The van der Waals surface area contributed by atoms with Gasteiger partial charge < -0.3 is 10.7 Å². The number of benzene rings is 2. The van der Waals surface area contributed by atoms with Gasteiger partial charge in [-0.3, -0.25) is 4.79 Å². The molecule has 31 heavy (non-hydrogen) atoms. The number of amides is 1. The molecule has 1 aliphatic heterocycles. The molecule has 1 aliphatic rings. The molecule has 2 heterocycles. The Balaban J connectivity index is 1.68. The molecular weight excluding hydrogens is 430 g/mol. The van der Waals surface area contributed by atoms with Crippen LogP contribution >= 0.6 is 23.4 Å². The molecule has 0 fully saturated rings. The van der Waals surface area contributed by atoms with Crippen molar-refractivity contribution in [2.24, 2.45) is 0 Å². The monoisotopic (exact) mass is 455 g/mol. The molecule has 4 rings (SSSR count). The number of carbonyl (C=O) groups excluding carboxylic acids is 1. The summed E-state index contributed by atoms with van der Waals surface area (Å²) in [5.41, 5.74) is 7.39. The third-order valence-electron chi connectivity index (χ3n) is 5.51. The first-order valence-electron chi connectivity index (χ1n) is 10.5. The van der Waals surface area contributed by atoms with Gasteiger partial charge in [0.25, 0.3) is 0 Å². The first-order chi connectivity index (χ1) is 15.0. The van der Waals surface area contributed by atoms with Crippen LogP contribution in [0.3, 0.4) is 0 Å². The summed E-state index contributed by atoms with van der Waals surface area (Å²) in [5, 5.41) is 12.6. The van der Waals surface area contributed by atoms with Crippen LogP contribution in [0.4, 0.5) is 5.69 Å². The molecule has 0 radical (unpaired) electrons. The molecule has 1 amide bonds. The van der Waals surface area contributed by atoms with E-state index in [1.165, 1.54) is 17.3 Å². The highest BCUT2D eigenvalue weighted by Crippen LogP contribution is 2.38. The molecule has 1 aromatic heterocycles. The smallest absolute Gasteiger partial charge is 0.240 e. The van der Waals surface area contributed by atoms with Crippen molar-refractivity contribution in [1.29, 1.82) is 0 Å². The summed E-state index contributed by atoms with van der Waals surface area (Å²) >= 11 is 7.68. The maximum absolute atomic E-state index is 13.4. The van der Waals surface area contributed by atoms with E-state index in [1.807, 2.05) is 29.8 Å². The van der Waals surface area contributed by atoms with Crippen LogP contribution < -0.4 is 10.7 Å². The van der Waals surface area contributed by atoms with Crippen molar-refractivity contribution in [2.45, 2.75) is 56.5 Å². The second kappa shape index (κ2) is 9.32. The lowest BCUT2D eigenvalue weighted by Gasteiger charge is -2.33. The Hall–Kier alpha value is -2.51. The quantitative estimate of drug-likeness (QED) is 0.537. The average Bonchev–Trinajstić information content (AvgIpc) is 3.18. The van der Waals surface area contributed by atoms with Crippen molar-refractivity contribution in [3.05, 3.63) is 70.0 Å². The second-order valence-corrected chi connectivity index (χ2v) is 9.14. The zero-order valence-corrected chi connectivity index (χ0v) is 19.4. The predicted octanol–water partition coefficient (Wildman–Crippen LogP) is 5.15. The zero-order chi connectivity index (χ0) is 22.0. The van der Waals surface area contributed by atoms with E-state index in [2.05, 4.69) is 59.1 Å². The molecule has 8 heteroatoms. The first-order valence-corrected chi connectivity index (χ1v) is 11.8. The largest absolute Gasteiger partial charge is 0.325 e. The standard InChI is InChI=1S/C23H26ClN5OS/c1-4-7-19-26-27-23-29(19)28-20(16-12-10-15(5-2)11-13-16)21(31-23)22(30)25-18-9-6-8-17(24)14(18)3/h6,8-13,20-21,28H,4-5,7H2,1-3H3,(H,25,30)/t20-,21-/m1/s1. The highest BCUT2D eigenvalue weighted by molar-refractivity contribution is 8.00. The number of hydrogen-bond donors (Lipinski definition) is 2. The van der Waals surface area contributed by atoms with Crippen molar-refractivity contribution < 1.29 is 4.79 Å². The molecule has 0 saturated carbocycles. The molecule has 2 N–H and O–H groups in total. The summed E-state index contributed by atoms with van der Waals surface area (Å²) in [7, 11) is 0. The lowest BCUT2D eigenvalue weighted by molar-refractivity contribution is -0.116. The van der Waals surface area contributed by atoms with Gasteiger partial charge in [0, 0.05) is 17.1 Å². The highest BCUT2D eigenvalue weighted by Gasteiger charge is 2.37. The number of aromatic nitrogens is 3. The van der Waals surface area contributed by atoms with Gasteiger partial charge in [-0.15, -0.1) is 10.2 Å². The van der Waals surface area contributed by atoms with Gasteiger partial charge in [-0.05, 0) is 48.6 Å². The summed E-state index contributed by atoms with van der Waals surface area (Å²) in [6.07, 6.45) is 2.76. The van der Waals surface area contributed by atoms with Crippen molar-refractivity contribution in [2.75, 3.05) is 10.7 Å². The van der Waals surface area contributed by atoms with Gasteiger partial charge in [0.05, 0.1) is 6.04 Å². The van der Waals surface area contributed by atoms with Gasteiger partial charge >= 0.3 is 0 Å². The van der Waals surface area contributed by atoms with Crippen molar-refractivity contribution >= 4 is 35.0 Å². The fraction of sp³-hybridized carbons (Fsp3) is 0.348. The van der Waals surface area contributed by atoms with Crippen LogP contribution in [-0.4, -0.2) is 26.0 Å². The molecule has 0 bridgehead atoms. The topological polar surface area (TPSA) is 71.8 Å². The Morgan fingerprint density at radius 3 is 2.68 bits per heavy atom. The number of halogens is 1. The predicted molar refractivity (Wildman–Crippen MR) is 126 cm³/mol. The van der Waals surface area contributed by atoms with Gasteiger partial charge in [0.2, 0.25) is 11.1 Å². The van der Waals surface area contributed by atoms with Crippen molar-refractivity contribution in [3.8, 4) is 0 Å². The summed E-state index contributed by atoms with van der Waals surface area (Å²) in [4.78, 5) is 13.4. The van der Waals surface area contributed by atoms with E-state index in [4.69, 9.17) is 11.6 Å². The number of aryl methyl sites for hydroxylation is 2. The minimum atomic E-state index is -0.419. The fourth-order valence-corrected chi connectivity index (χ4v) is 4.91. The molecule has 0 spiro atoms. The normalized spacial score (nSPS) is 17.7. The summed E-state index contributed by atoms with van der Waals surface area (Å²) in [6.45, 7) is 6.15. The van der Waals surface area contributed by atoms with E-state index in [-0.39, 0.29) is 11.9 Å². The van der Waals surface area contributed by atoms with Crippen LogP contribution in [0.5, 0.6) is 0 Å². The van der Waals surface area contributed by atoms with Crippen LogP contribution in [0.1, 0.15) is 48.8 Å². The van der Waals surface area contributed by atoms with Gasteiger partial charge in [-0.1, -0.05) is 67.5 Å². The number of fused-ring (bicyclic) bond motifs is 1. The Morgan fingerprint density at radius 2 is 1.97 bits per heavy atom. The number of carbonyl (C=O) groups is 1. The molecule has 0 aliphatic carbocycles. The number of nitrogens with zero attached hydrogens (tertiary/aromatic N) is 3. The Bertz CT molecular complexity index is 1080. The van der Waals surface area contributed by atoms with Crippen LogP contribution in [-0.2, 0) is 17.6 Å². The Labute approximate surface area is 191 Å². The third-order valence-corrected chi connectivity index (χ3v) is 7.13. The number of anilines is 1. The van der Waals surface area contributed by atoms with Crippen molar-refractivity contribution in [3.63, 3.8) is 0 Å². The van der Waals surface area contributed by atoms with Crippen LogP contribution in [0.2, 0.25) is 5.02 Å².